The van der Waals surface area contributed by atoms with Crippen LogP contribution in [0.1, 0.15) is 23.0 Å². The molecule has 2 heterocycles. The van der Waals surface area contributed by atoms with E-state index in [1.54, 1.807) is 30.0 Å². The van der Waals surface area contributed by atoms with Gasteiger partial charge < -0.3 is 9.15 Å². The maximum Gasteiger partial charge on any atom is 0.261 e. The lowest BCUT2D eigenvalue weighted by molar-refractivity contribution is 0.0980. The van der Waals surface area contributed by atoms with Crippen LogP contribution in [0.2, 0.25) is 0 Å². The van der Waals surface area contributed by atoms with E-state index in [1.807, 2.05) is 54.6 Å². The maximum atomic E-state index is 13.6. The van der Waals surface area contributed by atoms with Gasteiger partial charge in [-0.25, -0.2) is 4.98 Å². The van der Waals surface area contributed by atoms with Crippen LogP contribution in [-0.2, 0) is 6.54 Å². The van der Waals surface area contributed by atoms with E-state index in [1.165, 1.54) is 11.3 Å². The molecule has 5 nitrogen and oxygen atoms in total. The number of benzene rings is 2. The summed E-state index contributed by atoms with van der Waals surface area (Å²) in [6.45, 7) is 2.38. The standard InChI is InChI=1S/C22H20N2O3S2/c1-3-28-18-11-5-4-9-16(18)21(25)24(14-15-8-7-13-27-15)22-23-20-17(26-2)10-6-12-19(20)29-22/h4-13H,3,14H2,1-2H3. The molecule has 0 unspecified atom stereocenters. The smallest absolute Gasteiger partial charge is 0.261 e. The van der Waals surface area contributed by atoms with Crippen LogP contribution in [-0.4, -0.2) is 23.8 Å². The number of hydrogen-bond acceptors (Lipinski definition) is 6. The third-order valence-corrected chi connectivity index (χ3v) is 6.38. The minimum atomic E-state index is -0.101. The number of fused-ring (bicyclic) bond motifs is 1. The first kappa shape index (κ1) is 19.5. The highest BCUT2D eigenvalue weighted by Crippen LogP contribution is 2.36. The number of carbonyl (C=O) groups excluding carboxylic acids is 1. The first-order valence-corrected chi connectivity index (χ1v) is 11.0. The first-order chi connectivity index (χ1) is 14.2. The van der Waals surface area contributed by atoms with Gasteiger partial charge >= 0.3 is 0 Å². The Morgan fingerprint density at radius 2 is 2.03 bits per heavy atom. The van der Waals surface area contributed by atoms with Gasteiger partial charge in [-0.3, -0.25) is 9.69 Å². The van der Waals surface area contributed by atoms with Gasteiger partial charge in [-0.15, -0.1) is 11.8 Å². The van der Waals surface area contributed by atoms with Gasteiger partial charge in [0.2, 0.25) is 0 Å². The van der Waals surface area contributed by atoms with E-state index in [-0.39, 0.29) is 5.91 Å². The summed E-state index contributed by atoms with van der Waals surface area (Å²) in [5.74, 6) is 2.18. The van der Waals surface area contributed by atoms with E-state index in [2.05, 4.69) is 6.92 Å². The second-order valence-electron chi connectivity index (χ2n) is 6.20. The lowest BCUT2D eigenvalue weighted by atomic mass is 10.2. The number of nitrogens with zero attached hydrogens (tertiary/aromatic N) is 2. The molecule has 0 fully saturated rings. The first-order valence-electron chi connectivity index (χ1n) is 9.21. The van der Waals surface area contributed by atoms with E-state index in [0.29, 0.717) is 28.7 Å². The summed E-state index contributed by atoms with van der Waals surface area (Å²) in [4.78, 5) is 21.0. The molecule has 0 aliphatic heterocycles. The molecule has 0 N–H and O–H groups in total. The fraction of sp³-hybridized carbons (Fsp3) is 0.182. The highest BCUT2D eigenvalue weighted by atomic mass is 32.2. The lowest BCUT2D eigenvalue weighted by Crippen LogP contribution is -2.30. The van der Waals surface area contributed by atoms with Gasteiger partial charge in [-0.1, -0.05) is 36.5 Å². The van der Waals surface area contributed by atoms with Gasteiger partial charge in [-0.2, -0.15) is 0 Å². The average molecular weight is 425 g/mol. The molecule has 0 spiro atoms. The largest absolute Gasteiger partial charge is 0.494 e. The van der Waals surface area contributed by atoms with E-state index in [9.17, 15) is 4.79 Å². The molecule has 29 heavy (non-hydrogen) atoms. The van der Waals surface area contributed by atoms with E-state index >= 15 is 0 Å². The summed E-state index contributed by atoms with van der Waals surface area (Å²) in [6, 6.07) is 17.1. The molecule has 1 amide bonds. The summed E-state index contributed by atoms with van der Waals surface area (Å²) in [5, 5.41) is 0.613. The Morgan fingerprint density at radius 3 is 2.79 bits per heavy atom. The van der Waals surface area contributed by atoms with Crippen molar-refractivity contribution >= 4 is 44.4 Å². The lowest BCUT2D eigenvalue weighted by Gasteiger charge is -2.20. The van der Waals surface area contributed by atoms with Crippen molar-refractivity contribution in [2.24, 2.45) is 0 Å². The quantitative estimate of drug-likeness (QED) is 0.348. The molecule has 0 saturated carbocycles. The predicted molar refractivity (Wildman–Crippen MR) is 118 cm³/mol. The Morgan fingerprint density at radius 1 is 1.17 bits per heavy atom. The number of thiazole rings is 1. The Labute approximate surface area is 177 Å². The number of anilines is 1. The molecule has 0 aliphatic carbocycles. The number of ether oxygens (including phenoxy) is 1. The van der Waals surface area contributed by atoms with Gasteiger partial charge in [0.25, 0.3) is 5.91 Å². The molecule has 7 heteroatoms. The zero-order valence-electron chi connectivity index (χ0n) is 16.1. The van der Waals surface area contributed by atoms with Crippen LogP contribution in [0.4, 0.5) is 5.13 Å². The summed E-state index contributed by atoms with van der Waals surface area (Å²) in [5.41, 5.74) is 1.42. The molecule has 0 aliphatic rings. The number of furan rings is 1. The monoisotopic (exact) mass is 424 g/mol. The van der Waals surface area contributed by atoms with Crippen LogP contribution in [0.3, 0.4) is 0 Å². The van der Waals surface area contributed by atoms with Crippen LogP contribution < -0.4 is 9.64 Å². The number of carbonyl (C=O) groups is 1. The summed E-state index contributed by atoms with van der Waals surface area (Å²) >= 11 is 3.12. The topological polar surface area (TPSA) is 55.6 Å². The fourth-order valence-corrected chi connectivity index (χ4v) is 4.82. The maximum absolute atomic E-state index is 13.6. The molecule has 0 radical (unpaired) electrons. The van der Waals surface area contributed by atoms with Crippen molar-refractivity contribution in [3.63, 3.8) is 0 Å². The molecular formula is C22H20N2O3S2. The zero-order chi connectivity index (χ0) is 20.2. The molecule has 0 atom stereocenters. The fourth-order valence-electron chi connectivity index (χ4n) is 3.05. The molecule has 148 valence electrons. The number of hydrogen-bond donors (Lipinski definition) is 0. The Kier molecular flexibility index (Phi) is 5.87. The highest BCUT2D eigenvalue weighted by molar-refractivity contribution is 7.99. The van der Waals surface area contributed by atoms with Crippen molar-refractivity contribution in [3.8, 4) is 5.75 Å². The SMILES string of the molecule is CCSc1ccccc1C(=O)N(Cc1ccco1)c1nc2c(OC)cccc2s1. The van der Waals surface area contributed by atoms with Crippen molar-refractivity contribution in [2.75, 3.05) is 17.8 Å². The third-order valence-electron chi connectivity index (χ3n) is 4.38. The normalized spacial score (nSPS) is 11.0. The summed E-state index contributed by atoms with van der Waals surface area (Å²) < 4.78 is 11.9. The Balaban J connectivity index is 1.79. The van der Waals surface area contributed by atoms with Crippen molar-refractivity contribution in [3.05, 3.63) is 72.2 Å². The second-order valence-corrected chi connectivity index (χ2v) is 8.52. The highest BCUT2D eigenvalue weighted by Gasteiger charge is 2.25. The molecule has 4 aromatic rings. The van der Waals surface area contributed by atoms with Crippen molar-refractivity contribution in [1.82, 2.24) is 4.98 Å². The van der Waals surface area contributed by atoms with Crippen LogP contribution >= 0.6 is 23.1 Å². The third kappa shape index (κ3) is 4.02. The molecule has 4 rings (SSSR count). The summed E-state index contributed by atoms with van der Waals surface area (Å²) in [7, 11) is 1.62. The minimum Gasteiger partial charge on any atom is -0.494 e. The second kappa shape index (κ2) is 8.71. The number of methoxy groups -OCH3 is 1. The Hall–Kier alpha value is -2.77. The van der Waals surface area contributed by atoms with Gasteiger partial charge in [0, 0.05) is 4.90 Å². The minimum absolute atomic E-state index is 0.101. The summed E-state index contributed by atoms with van der Waals surface area (Å²) in [6.07, 6.45) is 1.61. The molecule has 0 bridgehead atoms. The Bertz CT molecular complexity index is 1120. The van der Waals surface area contributed by atoms with E-state index < -0.39 is 0 Å². The van der Waals surface area contributed by atoms with E-state index in [0.717, 1.165) is 20.9 Å². The molecular weight excluding hydrogens is 404 g/mol. The number of amides is 1. The van der Waals surface area contributed by atoms with Crippen LogP contribution in [0, 0.1) is 0 Å². The molecule has 2 aromatic heterocycles. The van der Waals surface area contributed by atoms with Crippen LogP contribution in [0.15, 0.2) is 70.2 Å². The molecule has 0 saturated heterocycles. The zero-order valence-corrected chi connectivity index (χ0v) is 17.8. The van der Waals surface area contributed by atoms with E-state index in [4.69, 9.17) is 14.1 Å². The number of thioether (sulfide) groups is 1. The number of para-hydroxylation sites is 1. The van der Waals surface area contributed by atoms with Crippen molar-refractivity contribution in [1.29, 1.82) is 0 Å². The van der Waals surface area contributed by atoms with Gasteiger partial charge in [0.1, 0.15) is 17.0 Å². The predicted octanol–water partition coefficient (Wildman–Crippen LogP) is 5.86. The number of rotatable bonds is 7. The average Bonchev–Trinajstić information content (AvgIpc) is 3.41. The van der Waals surface area contributed by atoms with Gasteiger partial charge in [0.05, 0.1) is 30.2 Å². The van der Waals surface area contributed by atoms with Gasteiger partial charge in [0.15, 0.2) is 5.13 Å². The van der Waals surface area contributed by atoms with Crippen LogP contribution in [0.25, 0.3) is 10.2 Å². The van der Waals surface area contributed by atoms with Gasteiger partial charge in [-0.05, 0) is 42.2 Å². The number of aromatic nitrogens is 1. The molecule has 2 aromatic carbocycles. The van der Waals surface area contributed by atoms with Crippen molar-refractivity contribution < 1.29 is 13.9 Å². The van der Waals surface area contributed by atoms with Crippen molar-refractivity contribution in [2.45, 2.75) is 18.4 Å². The van der Waals surface area contributed by atoms with Crippen LogP contribution in [0.5, 0.6) is 5.75 Å².